The summed E-state index contributed by atoms with van der Waals surface area (Å²) in [5.74, 6) is -2.55. The second-order valence-electron chi connectivity index (χ2n) is 5.59. The van der Waals surface area contributed by atoms with Crippen LogP contribution in [0.4, 0.5) is 13.2 Å². The molecular weight excluding hydrogens is 333 g/mol. The van der Waals surface area contributed by atoms with Crippen molar-refractivity contribution < 1.29 is 13.2 Å². The minimum absolute atomic E-state index is 0.0890. The fourth-order valence-corrected chi connectivity index (χ4v) is 2.50. The molecule has 0 saturated heterocycles. The van der Waals surface area contributed by atoms with Gasteiger partial charge in [-0.05, 0) is 42.3 Å². The van der Waals surface area contributed by atoms with Gasteiger partial charge < -0.3 is 4.57 Å². The average molecular weight is 346 g/mol. The van der Waals surface area contributed by atoms with Crippen LogP contribution in [0.25, 0.3) is 5.69 Å². The number of aromatic nitrogens is 2. The molecule has 0 N–H and O–H groups in total. The average Bonchev–Trinajstić information content (AvgIpc) is 2.58. The van der Waals surface area contributed by atoms with E-state index >= 15 is 0 Å². The monoisotopic (exact) mass is 346 g/mol. The second kappa shape index (κ2) is 6.43. The van der Waals surface area contributed by atoms with Gasteiger partial charge in [0.05, 0.1) is 12.2 Å². The second-order valence-corrected chi connectivity index (χ2v) is 5.59. The molecule has 0 fully saturated rings. The predicted molar refractivity (Wildman–Crippen MR) is 86.5 cm³/mol. The van der Waals surface area contributed by atoms with Gasteiger partial charge in [0.25, 0.3) is 0 Å². The van der Waals surface area contributed by atoms with E-state index in [1.807, 2.05) is 0 Å². The molecule has 0 atom stereocenters. The Morgan fingerprint density at radius 3 is 2.36 bits per heavy atom. The Morgan fingerprint density at radius 2 is 1.64 bits per heavy atom. The molecule has 0 saturated carbocycles. The fourth-order valence-electron chi connectivity index (χ4n) is 2.50. The number of hydrogen-bond acceptors (Lipinski definition) is 2. The molecule has 0 spiro atoms. The van der Waals surface area contributed by atoms with Gasteiger partial charge in [-0.25, -0.2) is 13.2 Å². The first-order valence-corrected chi connectivity index (χ1v) is 7.39. The highest BCUT2D eigenvalue weighted by atomic mass is 19.2. The van der Waals surface area contributed by atoms with Crippen LogP contribution >= 0.6 is 0 Å². The van der Waals surface area contributed by atoms with E-state index in [1.165, 1.54) is 30.6 Å². The molecule has 0 aliphatic heterocycles. The maximum absolute atomic E-state index is 13.4. The number of nitrogens with zero attached hydrogens (tertiary/aromatic N) is 2. The molecule has 0 amide bonds. The zero-order chi connectivity index (χ0) is 18.1. The first-order chi connectivity index (χ1) is 11.9. The summed E-state index contributed by atoms with van der Waals surface area (Å²) in [5.41, 5.74) is -0.488. The zero-order valence-electron chi connectivity index (χ0n) is 13.2. The van der Waals surface area contributed by atoms with E-state index in [2.05, 4.69) is 0 Å². The van der Waals surface area contributed by atoms with Crippen LogP contribution in [-0.2, 0) is 6.54 Å². The van der Waals surface area contributed by atoms with E-state index in [0.29, 0.717) is 11.1 Å². The largest absolute Gasteiger partial charge is 0.320 e. The van der Waals surface area contributed by atoms with Gasteiger partial charge in [-0.1, -0.05) is 12.1 Å². The smallest absolute Gasteiger partial charge is 0.305 e. The summed E-state index contributed by atoms with van der Waals surface area (Å²) in [5, 5.41) is 0. The van der Waals surface area contributed by atoms with Crippen molar-refractivity contribution in [2.45, 2.75) is 13.5 Å². The molecule has 3 rings (SSSR count). The van der Waals surface area contributed by atoms with Gasteiger partial charge in [0.2, 0.25) is 0 Å². The third kappa shape index (κ3) is 3.26. The lowest BCUT2D eigenvalue weighted by molar-refractivity contribution is 0.506. The van der Waals surface area contributed by atoms with Crippen molar-refractivity contribution in [2.24, 2.45) is 0 Å². The Balaban J connectivity index is 2.04. The normalized spacial score (nSPS) is 10.9. The molecule has 0 aliphatic carbocycles. The summed E-state index contributed by atoms with van der Waals surface area (Å²) in [7, 11) is 0. The third-order valence-corrected chi connectivity index (χ3v) is 3.83. The first kappa shape index (κ1) is 16.8. The Kier molecular flexibility index (Phi) is 4.31. The van der Waals surface area contributed by atoms with Crippen molar-refractivity contribution in [1.29, 1.82) is 0 Å². The summed E-state index contributed by atoms with van der Waals surface area (Å²) >= 11 is 0. The Morgan fingerprint density at radius 1 is 0.880 bits per heavy atom. The van der Waals surface area contributed by atoms with E-state index in [-0.39, 0.29) is 12.2 Å². The van der Waals surface area contributed by atoms with Crippen LogP contribution in [0.15, 0.2) is 58.4 Å². The summed E-state index contributed by atoms with van der Waals surface area (Å²) in [6, 6.07) is 7.16. The van der Waals surface area contributed by atoms with Crippen LogP contribution in [0, 0.1) is 24.4 Å². The van der Waals surface area contributed by atoms with Gasteiger partial charge >= 0.3 is 11.1 Å². The molecule has 0 radical (unpaired) electrons. The lowest BCUT2D eigenvalue weighted by atomic mass is 10.2. The Labute approximate surface area is 140 Å². The standard InChI is InChI=1S/C18H13F3N2O2/c1-11-2-4-13(19)9-16(11)23-7-6-22(17(24)18(23)25)10-12-3-5-14(20)15(21)8-12/h2-9H,10H2,1H3. The van der Waals surface area contributed by atoms with Crippen LogP contribution < -0.4 is 11.1 Å². The number of halogens is 3. The van der Waals surface area contributed by atoms with Crippen molar-refractivity contribution >= 4 is 0 Å². The maximum Gasteiger partial charge on any atom is 0.320 e. The third-order valence-electron chi connectivity index (χ3n) is 3.83. The van der Waals surface area contributed by atoms with Gasteiger partial charge in [-0.2, -0.15) is 0 Å². The Hall–Kier alpha value is -3.09. The van der Waals surface area contributed by atoms with Gasteiger partial charge in [-0.3, -0.25) is 14.2 Å². The van der Waals surface area contributed by atoms with Gasteiger partial charge in [0, 0.05) is 12.4 Å². The van der Waals surface area contributed by atoms with Crippen molar-refractivity contribution in [2.75, 3.05) is 0 Å². The van der Waals surface area contributed by atoms with Crippen molar-refractivity contribution in [3.05, 3.63) is 98.1 Å². The molecule has 0 aliphatic rings. The van der Waals surface area contributed by atoms with Crippen molar-refractivity contribution in [1.82, 2.24) is 9.13 Å². The van der Waals surface area contributed by atoms with E-state index in [9.17, 15) is 22.8 Å². The molecule has 7 heteroatoms. The highest BCUT2D eigenvalue weighted by Gasteiger charge is 2.11. The number of rotatable bonds is 3. The minimum Gasteiger partial charge on any atom is -0.305 e. The summed E-state index contributed by atoms with van der Waals surface area (Å²) in [6.07, 6.45) is 2.68. The van der Waals surface area contributed by atoms with Crippen molar-refractivity contribution in [3.63, 3.8) is 0 Å². The topological polar surface area (TPSA) is 44.0 Å². The molecule has 0 bridgehead atoms. The van der Waals surface area contributed by atoms with Crippen molar-refractivity contribution in [3.8, 4) is 5.69 Å². The van der Waals surface area contributed by atoms with Crippen LogP contribution in [0.5, 0.6) is 0 Å². The predicted octanol–water partition coefficient (Wildman–Crippen LogP) is 2.77. The molecule has 3 aromatic rings. The van der Waals surface area contributed by atoms with E-state index in [0.717, 1.165) is 27.3 Å². The van der Waals surface area contributed by atoms with E-state index in [1.54, 1.807) is 6.92 Å². The molecule has 1 heterocycles. The van der Waals surface area contributed by atoms with Crippen LogP contribution in [0.2, 0.25) is 0 Å². The van der Waals surface area contributed by atoms with E-state index in [4.69, 9.17) is 0 Å². The molecular formula is C18H13F3N2O2. The summed E-state index contributed by atoms with van der Waals surface area (Å²) in [4.78, 5) is 24.6. The molecule has 2 aromatic carbocycles. The van der Waals surface area contributed by atoms with Crippen LogP contribution in [0.3, 0.4) is 0 Å². The van der Waals surface area contributed by atoms with Crippen LogP contribution in [0.1, 0.15) is 11.1 Å². The minimum atomic E-state index is -1.03. The molecule has 25 heavy (non-hydrogen) atoms. The van der Waals surface area contributed by atoms with Gasteiger partial charge in [0.1, 0.15) is 5.82 Å². The first-order valence-electron chi connectivity index (χ1n) is 7.39. The number of aryl methyl sites for hydroxylation is 1. The van der Waals surface area contributed by atoms with E-state index < -0.39 is 28.6 Å². The fraction of sp³-hybridized carbons (Fsp3) is 0.111. The number of hydrogen-bond donors (Lipinski definition) is 0. The summed E-state index contributed by atoms with van der Waals surface area (Å²) < 4.78 is 41.8. The zero-order valence-corrected chi connectivity index (χ0v) is 13.2. The Bertz CT molecular complexity index is 1070. The maximum atomic E-state index is 13.4. The quantitative estimate of drug-likeness (QED) is 0.685. The lowest BCUT2D eigenvalue weighted by Gasteiger charge is -2.11. The molecule has 1 aromatic heterocycles. The molecule has 128 valence electrons. The highest BCUT2D eigenvalue weighted by Crippen LogP contribution is 2.13. The van der Waals surface area contributed by atoms with Gasteiger partial charge in [-0.15, -0.1) is 0 Å². The number of benzene rings is 2. The molecule has 4 nitrogen and oxygen atoms in total. The van der Waals surface area contributed by atoms with Crippen LogP contribution in [-0.4, -0.2) is 9.13 Å². The lowest BCUT2D eigenvalue weighted by Crippen LogP contribution is -2.40. The molecule has 0 unspecified atom stereocenters. The summed E-state index contributed by atoms with van der Waals surface area (Å²) in [6.45, 7) is 1.60. The highest BCUT2D eigenvalue weighted by molar-refractivity contribution is 5.40. The SMILES string of the molecule is Cc1ccc(F)cc1-n1ccn(Cc2ccc(F)c(F)c2)c(=O)c1=O. The van der Waals surface area contributed by atoms with Gasteiger partial charge in [0.15, 0.2) is 11.6 Å².